The van der Waals surface area contributed by atoms with Crippen molar-refractivity contribution in [1.29, 1.82) is 0 Å². The van der Waals surface area contributed by atoms with Crippen molar-refractivity contribution in [2.45, 2.75) is 40.5 Å². The molecule has 0 fully saturated rings. The number of anilines is 1. The Kier molecular flexibility index (Phi) is 6.83. The number of hydrogen-bond acceptors (Lipinski definition) is 2. The second-order valence-electron chi connectivity index (χ2n) is 6.39. The molecule has 1 heterocycles. The van der Waals surface area contributed by atoms with Gasteiger partial charge in [0.2, 0.25) is 0 Å². The Bertz CT molecular complexity index is 597. The van der Waals surface area contributed by atoms with Crippen molar-refractivity contribution >= 4 is 11.7 Å². The van der Waals surface area contributed by atoms with Gasteiger partial charge in [-0.1, -0.05) is 46.8 Å². The van der Waals surface area contributed by atoms with Gasteiger partial charge < -0.3 is 9.88 Å². The highest BCUT2D eigenvalue weighted by atomic mass is 16.1. The lowest BCUT2D eigenvalue weighted by Gasteiger charge is -2.07. The quantitative estimate of drug-likeness (QED) is 0.910. The number of hydrogen-bond donors (Lipinski definition) is 1. The second-order valence-corrected chi connectivity index (χ2v) is 6.39. The normalized spacial score (nSPS) is 10.4. The standard InChI is InChI=1S/C14H17N3O.C4H10/c1-10(2)11-5-4-6-12(7-11)14(18)16-13-8-17(3)9-15-13;1-4(2)3/h4-10H,1-3H3,(H,16,18);4H,1-3H3. The molecule has 1 aromatic heterocycles. The molecule has 1 N–H and O–H groups in total. The van der Waals surface area contributed by atoms with E-state index in [4.69, 9.17) is 0 Å². The number of amides is 1. The number of benzene rings is 1. The summed E-state index contributed by atoms with van der Waals surface area (Å²) in [6, 6.07) is 7.66. The van der Waals surface area contributed by atoms with Crippen LogP contribution in [-0.4, -0.2) is 15.5 Å². The summed E-state index contributed by atoms with van der Waals surface area (Å²) >= 11 is 0. The van der Waals surface area contributed by atoms with Crippen molar-refractivity contribution in [2.75, 3.05) is 5.32 Å². The highest BCUT2D eigenvalue weighted by molar-refractivity contribution is 6.03. The van der Waals surface area contributed by atoms with Crippen molar-refractivity contribution < 1.29 is 4.79 Å². The first kappa shape index (κ1) is 18.0. The molecule has 4 nitrogen and oxygen atoms in total. The average molecular weight is 301 g/mol. The van der Waals surface area contributed by atoms with Gasteiger partial charge >= 0.3 is 0 Å². The Hall–Kier alpha value is -2.10. The highest BCUT2D eigenvalue weighted by Crippen LogP contribution is 2.16. The van der Waals surface area contributed by atoms with Crippen molar-refractivity contribution in [1.82, 2.24) is 9.55 Å². The number of nitrogens with one attached hydrogen (secondary N) is 1. The van der Waals surface area contributed by atoms with E-state index in [2.05, 4.69) is 44.9 Å². The first-order valence-electron chi connectivity index (χ1n) is 7.69. The van der Waals surface area contributed by atoms with Crippen LogP contribution in [0.2, 0.25) is 0 Å². The van der Waals surface area contributed by atoms with Gasteiger partial charge in [-0.15, -0.1) is 0 Å². The van der Waals surface area contributed by atoms with Crippen LogP contribution in [0.15, 0.2) is 36.8 Å². The minimum Gasteiger partial charge on any atom is -0.338 e. The summed E-state index contributed by atoms with van der Waals surface area (Å²) in [7, 11) is 1.86. The second kappa shape index (κ2) is 8.37. The Morgan fingerprint density at radius 3 is 2.32 bits per heavy atom. The van der Waals surface area contributed by atoms with E-state index in [1.54, 1.807) is 17.1 Å². The lowest BCUT2D eigenvalue weighted by atomic mass is 10.0. The molecule has 0 atom stereocenters. The zero-order chi connectivity index (χ0) is 16.7. The average Bonchev–Trinajstić information content (AvgIpc) is 2.83. The van der Waals surface area contributed by atoms with Crippen LogP contribution >= 0.6 is 0 Å². The molecule has 0 unspecified atom stereocenters. The van der Waals surface area contributed by atoms with Gasteiger partial charge in [-0.25, -0.2) is 4.98 Å². The van der Waals surface area contributed by atoms with E-state index < -0.39 is 0 Å². The number of nitrogens with zero attached hydrogens (tertiary/aromatic N) is 2. The summed E-state index contributed by atoms with van der Waals surface area (Å²) in [6.07, 6.45) is 3.42. The van der Waals surface area contributed by atoms with Gasteiger partial charge in [0.15, 0.2) is 5.82 Å². The van der Waals surface area contributed by atoms with Gasteiger partial charge in [-0.05, 0) is 29.5 Å². The first-order chi connectivity index (χ1) is 10.3. The van der Waals surface area contributed by atoms with Gasteiger partial charge in [0.25, 0.3) is 5.91 Å². The molecule has 0 aliphatic rings. The van der Waals surface area contributed by atoms with Crippen LogP contribution in [0.4, 0.5) is 5.82 Å². The van der Waals surface area contributed by atoms with E-state index >= 15 is 0 Å². The van der Waals surface area contributed by atoms with E-state index in [1.807, 2.05) is 31.3 Å². The van der Waals surface area contributed by atoms with Gasteiger partial charge in [0.1, 0.15) is 0 Å². The number of imidazole rings is 1. The van der Waals surface area contributed by atoms with Gasteiger partial charge in [0.05, 0.1) is 6.33 Å². The fourth-order valence-electron chi connectivity index (χ4n) is 1.70. The largest absolute Gasteiger partial charge is 0.338 e. The van der Waals surface area contributed by atoms with Crippen LogP contribution < -0.4 is 5.32 Å². The van der Waals surface area contributed by atoms with Gasteiger partial charge in [0, 0.05) is 18.8 Å². The molecule has 0 bridgehead atoms. The van der Waals surface area contributed by atoms with Crippen molar-refractivity contribution in [3.63, 3.8) is 0 Å². The minimum atomic E-state index is -0.129. The number of carbonyl (C=O) groups is 1. The number of rotatable bonds is 3. The molecule has 0 radical (unpaired) electrons. The lowest BCUT2D eigenvalue weighted by Crippen LogP contribution is -2.12. The molecule has 4 heteroatoms. The van der Waals surface area contributed by atoms with E-state index in [0.29, 0.717) is 17.3 Å². The smallest absolute Gasteiger partial charge is 0.256 e. The predicted octanol–water partition coefficient (Wildman–Crippen LogP) is 4.46. The summed E-state index contributed by atoms with van der Waals surface area (Å²) in [5.41, 5.74) is 1.82. The molecular weight excluding hydrogens is 274 g/mol. The summed E-state index contributed by atoms with van der Waals surface area (Å²) < 4.78 is 1.79. The predicted molar refractivity (Wildman–Crippen MR) is 92.2 cm³/mol. The molecular formula is C18H27N3O. The van der Waals surface area contributed by atoms with Crippen LogP contribution in [0.3, 0.4) is 0 Å². The summed E-state index contributed by atoms with van der Waals surface area (Å²) in [6.45, 7) is 10.7. The maximum absolute atomic E-state index is 12.0. The third-order valence-electron chi connectivity index (χ3n) is 2.76. The van der Waals surface area contributed by atoms with Crippen LogP contribution in [0.5, 0.6) is 0 Å². The fourth-order valence-corrected chi connectivity index (χ4v) is 1.70. The molecule has 1 aromatic carbocycles. The Balaban J connectivity index is 0.000000541. The molecule has 2 rings (SSSR count). The number of aromatic nitrogens is 2. The molecule has 0 saturated carbocycles. The minimum absolute atomic E-state index is 0.129. The maximum Gasteiger partial charge on any atom is 0.256 e. The molecule has 0 saturated heterocycles. The van der Waals surface area contributed by atoms with Gasteiger partial charge in [-0.3, -0.25) is 4.79 Å². The van der Waals surface area contributed by atoms with Crippen LogP contribution in [0.1, 0.15) is 56.5 Å². The van der Waals surface area contributed by atoms with Crippen molar-refractivity contribution in [3.05, 3.63) is 47.9 Å². The topological polar surface area (TPSA) is 46.9 Å². The van der Waals surface area contributed by atoms with E-state index in [-0.39, 0.29) is 5.91 Å². The highest BCUT2D eigenvalue weighted by Gasteiger charge is 2.09. The van der Waals surface area contributed by atoms with E-state index in [0.717, 1.165) is 11.5 Å². The zero-order valence-electron chi connectivity index (χ0n) is 14.4. The van der Waals surface area contributed by atoms with Crippen molar-refractivity contribution in [2.24, 2.45) is 13.0 Å². The van der Waals surface area contributed by atoms with Crippen molar-refractivity contribution in [3.8, 4) is 0 Å². The molecule has 0 aliphatic carbocycles. The Morgan fingerprint density at radius 1 is 1.18 bits per heavy atom. The molecule has 1 amide bonds. The summed E-state index contributed by atoms with van der Waals surface area (Å²) in [5, 5.41) is 2.77. The Morgan fingerprint density at radius 2 is 1.82 bits per heavy atom. The van der Waals surface area contributed by atoms with E-state index in [9.17, 15) is 4.79 Å². The molecule has 2 aromatic rings. The summed E-state index contributed by atoms with van der Waals surface area (Å²) in [5.74, 6) is 1.68. The molecule has 0 spiro atoms. The SMILES string of the molecule is CC(C)C.CC(C)c1cccc(C(=O)Nc2cn(C)cn2)c1. The zero-order valence-corrected chi connectivity index (χ0v) is 14.4. The number of carbonyl (C=O) groups excluding carboxylic acids is 1. The number of aryl methyl sites for hydroxylation is 1. The van der Waals surface area contributed by atoms with Gasteiger partial charge in [-0.2, -0.15) is 0 Å². The fraction of sp³-hybridized carbons (Fsp3) is 0.444. The molecule has 22 heavy (non-hydrogen) atoms. The third kappa shape index (κ3) is 6.12. The third-order valence-corrected chi connectivity index (χ3v) is 2.76. The first-order valence-corrected chi connectivity index (χ1v) is 7.69. The molecule has 0 aliphatic heterocycles. The maximum atomic E-state index is 12.0. The summed E-state index contributed by atoms with van der Waals surface area (Å²) in [4.78, 5) is 16.1. The van der Waals surface area contributed by atoms with Crippen LogP contribution in [0.25, 0.3) is 0 Å². The lowest BCUT2D eigenvalue weighted by molar-refractivity contribution is 0.102. The molecule has 120 valence electrons. The Labute approximate surface area is 133 Å². The van der Waals surface area contributed by atoms with Crippen LogP contribution in [-0.2, 0) is 7.05 Å². The monoisotopic (exact) mass is 301 g/mol. The van der Waals surface area contributed by atoms with Crippen LogP contribution in [0, 0.1) is 5.92 Å². The van der Waals surface area contributed by atoms with E-state index in [1.165, 1.54) is 0 Å².